The van der Waals surface area contributed by atoms with Gasteiger partial charge in [-0.15, -0.1) is 0 Å². The predicted molar refractivity (Wildman–Crippen MR) is 144 cm³/mol. The van der Waals surface area contributed by atoms with Gasteiger partial charge in [-0.3, -0.25) is 4.79 Å². The van der Waals surface area contributed by atoms with Crippen LogP contribution in [0.2, 0.25) is 10.0 Å². The van der Waals surface area contributed by atoms with Crippen molar-refractivity contribution in [2.75, 3.05) is 46.0 Å². The van der Waals surface area contributed by atoms with Crippen molar-refractivity contribution in [2.24, 2.45) is 0 Å². The van der Waals surface area contributed by atoms with Gasteiger partial charge in [0.15, 0.2) is 0 Å². The molecule has 35 heavy (non-hydrogen) atoms. The molecule has 0 aromatic heterocycles. The number of sulfonamides is 1. The Bertz CT molecular complexity index is 1160. The van der Waals surface area contributed by atoms with Crippen molar-refractivity contribution in [1.82, 2.24) is 14.1 Å². The van der Waals surface area contributed by atoms with Gasteiger partial charge in [0.1, 0.15) is 0 Å². The number of nitrogens with zero attached hydrogens (tertiary/aromatic N) is 3. The van der Waals surface area contributed by atoms with Crippen LogP contribution in [-0.4, -0.2) is 74.5 Å². The molecule has 2 aromatic rings. The van der Waals surface area contributed by atoms with Crippen LogP contribution in [0.3, 0.4) is 0 Å². The summed E-state index contributed by atoms with van der Waals surface area (Å²) in [7, 11) is -1.40. The predicted octanol–water partition coefficient (Wildman–Crippen LogP) is 4.58. The minimum absolute atomic E-state index is 0.00623. The molecule has 1 unspecified atom stereocenters. The van der Waals surface area contributed by atoms with Gasteiger partial charge in [0, 0.05) is 43.3 Å². The average molecular weight is 541 g/mol. The maximum atomic E-state index is 13.9. The van der Waals surface area contributed by atoms with Gasteiger partial charge < -0.3 is 9.80 Å². The molecule has 1 aliphatic heterocycles. The molecule has 0 bridgehead atoms. The van der Waals surface area contributed by atoms with Crippen molar-refractivity contribution in [3.63, 3.8) is 0 Å². The van der Waals surface area contributed by atoms with Crippen molar-refractivity contribution in [1.29, 1.82) is 0 Å². The zero-order chi connectivity index (χ0) is 25.8. The van der Waals surface area contributed by atoms with E-state index in [4.69, 9.17) is 23.2 Å². The number of halogens is 2. The lowest BCUT2D eigenvalue weighted by atomic mass is 9.77. The number of likely N-dealkylation sites (N-methyl/N-ethyl adjacent to an activating group) is 1. The van der Waals surface area contributed by atoms with E-state index in [0.717, 1.165) is 29.7 Å². The average Bonchev–Trinajstić information content (AvgIpc) is 3.06. The molecule has 0 spiro atoms. The highest BCUT2D eigenvalue weighted by Gasteiger charge is 2.38. The standard InChI is InChI=1S/C26H35Cl2N3O3S/c1-20-18-22(10-11-23(20)27)26(2,25(32)29(3)19-21-8-5-6-9-24(21)28)12-15-30-13-7-14-31(17-16-30)35(4,33)34/h5-6,8-11,18H,7,12-17,19H2,1-4H3. The van der Waals surface area contributed by atoms with Gasteiger partial charge in [0.25, 0.3) is 0 Å². The molecule has 0 N–H and O–H groups in total. The minimum atomic E-state index is -3.20. The molecular formula is C26H35Cl2N3O3S. The van der Waals surface area contributed by atoms with E-state index >= 15 is 0 Å². The van der Waals surface area contributed by atoms with E-state index in [-0.39, 0.29) is 5.91 Å². The first kappa shape index (κ1) is 27.9. The number of amides is 1. The van der Waals surface area contributed by atoms with Gasteiger partial charge in [0.05, 0.1) is 11.7 Å². The van der Waals surface area contributed by atoms with Crippen molar-refractivity contribution >= 4 is 39.1 Å². The molecule has 0 radical (unpaired) electrons. The Balaban J connectivity index is 1.82. The Labute approximate surface area is 219 Å². The fourth-order valence-corrected chi connectivity index (χ4v) is 5.81. The van der Waals surface area contributed by atoms with Gasteiger partial charge in [-0.2, -0.15) is 0 Å². The molecule has 0 aliphatic carbocycles. The fourth-order valence-electron chi connectivity index (χ4n) is 4.62. The van der Waals surface area contributed by atoms with E-state index in [0.29, 0.717) is 49.2 Å². The van der Waals surface area contributed by atoms with Gasteiger partial charge in [0.2, 0.25) is 15.9 Å². The highest BCUT2D eigenvalue weighted by Crippen LogP contribution is 2.33. The van der Waals surface area contributed by atoms with E-state index in [1.54, 1.807) is 4.90 Å². The summed E-state index contributed by atoms with van der Waals surface area (Å²) in [4.78, 5) is 17.9. The Hall–Kier alpha value is -1.64. The first-order valence-electron chi connectivity index (χ1n) is 11.8. The molecule has 1 amide bonds. The van der Waals surface area contributed by atoms with Crippen LogP contribution in [0, 0.1) is 6.92 Å². The number of hydrogen-bond acceptors (Lipinski definition) is 4. The molecule has 3 rings (SSSR count). The molecule has 6 nitrogen and oxygen atoms in total. The third kappa shape index (κ3) is 6.98. The SMILES string of the molecule is Cc1cc(C(C)(CCN2CCCN(S(C)(=O)=O)CC2)C(=O)N(C)Cc2ccccc2Cl)ccc1Cl. The zero-order valence-corrected chi connectivity index (χ0v) is 23.3. The molecule has 0 saturated carbocycles. The first-order valence-corrected chi connectivity index (χ1v) is 14.5. The lowest BCUT2D eigenvalue weighted by Crippen LogP contribution is -2.45. The number of benzene rings is 2. The second-order valence-electron chi connectivity index (χ2n) is 9.66. The number of hydrogen-bond donors (Lipinski definition) is 0. The summed E-state index contributed by atoms with van der Waals surface area (Å²) in [5.74, 6) is 0.00623. The number of aryl methyl sites for hydroxylation is 1. The van der Waals surface area contributed by atoms with Crippen LogP contribution in [0.4, 0.5) is 0 Å². The second-order valence-corrected chi connectivity index (χ2v) is 12.5. The van der Waals surface area contributed by atoms with Gasteiger partial charge in [-0.25, -0.2) is 12.7 Å². The molecule has 1 aliphatic rings. The monoisotopic (exact) mass is 539 g/mol. The molecule has 1 heterocycles. The fraction of sp³-hybridized carbons (Fsp3) is 0.500. The first-order chi connectivity index (χ1) is 16.4. The summed E-state index contributed by atoms with van der Waals surface area (Å²) < 4.78 is 25.5. The van der Waals surface area contributed by atoms with Gasteiger partial charge in [-0.1, -0.05) is 53.5 Å². The smallest absolute Gasteiger partial charge is 0.233 e. The number of rotatable bonds is 8. The van der Waals surface area contributed by atoms with Gasteiger partial charge >= 0.3 is 0 Å². The largest absolute Gasteiger partial charge is 0.341 e. The Kier molecular flexibility index (Phi) is 9.27. The quantitative estimate of drug-likeness (QED) is 0.492. The van der Waals surface area contributed by atoms with Crippen LogP contribution in [0.5, 0.6) is 0 Å². The number of carbonyl (C=O) groups excluding carboxylic acids is 1. The van der Waals surface area contributed by atoms with Crippen molar-refractivity contribution in [2.45, 2.75) is 38.6 Å². The zero-order valence-electron chi connectivity index (χ0n) is 20.9. The van der Waals surface area contributed by atoms with E-state index in [1.165, 1.54) is 10.6 Å². The minimum Gasteiger partial charge on any atom is -0.341 e. The summed E-state index contributed by atoms with van der Waals surface area (Å²) >= 11 is 12.7. The van der Waals surface area contributed by atoms with Crippen LogP contribution < -0.4 is 0 Å². The topological polar surface area (TPSA) is 60.9 Å². The van der Waals surface area contributed by atoms with Crippen LogP contribution in [0.25, 0.3) is 0 Å². The summed E-state index contributed by atoms with van der Waals surface area (Å²) in [6.45, 7) is 7.46. The van der Waals surface area contributed by atoms with Crippen LogP contribution in [0.15, 0.2) is 42.5 Å². The summed E-state index contributed by atoms with van der Waals surface area (Å²) in [6, 6.07) is 13.3. The molecule has 9 heteroatoms. The van der Waals surface area contributed by atoms with Crippen LogP contribution in [-0.2, 0) is 26.8 Å². The third-order valence-corrected chi connectivity index (χ3v) is 9.02. The van der Waals surface area contributed by atoms with E-state index in [1.807, 2.05) is 63.4 Å². The normalized spacial score (nSPS) is 17.5. The Morgan fingerprint density at radius 3 is 2.43 bits per heavy atom. The molecular weight excluding hydrogens is 505 g/mol. The molecule has 192 valence electrons. The van der Waals surface area contributed by atoms with Crippen LogP contribution >= 0.6 is 23.2 Å². The third-order valence-electron chi connectivity index (χ3n) is 6.92. The van der Waals surface area contributed by atoms with Gasteiger partial charge in [-0.05, 0) is 68.6 Å². The maximum absolute atomic E-state index is 13.9. The van der Waals surface area contributed by atoms with Crippen molar-refractivity contribution in [3.05, 3.63) is 69.2 Å². The Morgan fingerprint density at radius 2 is 1.77 bits per heavy atom. The Morgan fingerprint density at radius 1 is 1.06 bits per heavy atom. The second kappa shape index (κ2) is 11.6. The number of carbonyl (C=O) groups is 1. The van der Waals surface area contributed by atoms with Crippen LogP contribution in [0.1, 0.15) is 36.5 Å². The van der Waals surface area contributed by atoms with Crippen molar-refractivity contribution < 1.29 is 13.2 Å². The maximum Gasteiger partial charge on any atom is 0.233 e. The highest BCUT2D eigenvalue weighted by atomic mass is 35.5. The van der Waals surface area contributed by atoms with Crippen molar-refractivity contribution in [3.8, 4) is 0 Å². The lowest BCUT2D eigenvalue weighted by Gasteiger charge is -2.35. The molecule has 1 fully saturated rings. The summed E-state index contributed by atoms with van der Waals surface area (Å²) in [5, 5.41) is 1.30. The molecule has 1 atom stereocenters. The van der Waals surface area contributed by atoms with E-state index < -0.39 is 15.4 Å². The summed E-state index contributed by atoms with van der Waals surface area (Å²) in [5.41, 5.74) is 1.96. The van der Waals surface area contributed by atoms with E-state index in [2.05, 4.69) is 4.90 Å². The molecule has 1 saturated heterocycles. The summed E-state index contributed by atoms with van der Waals surface area (Å²) in [6.07, 6.45) is 2.62. The lowest BCUT2D eigenvalue weighted by molar-refractivity contribution is -0.136. The molecule has 2 aromatic carbocycles. The highest BCUT2D eigenvalue weighted by molar-refractivity contribution is 7.88. The van der Waals surface area contributed by atoms with E-state index in [9.17, 15) is 13.2 Å².